The zero-order chi connectivity index (χ0) is 21.5. The number of rotatable bonds is 7. The van der Waals surface area contributed by atoms with E-state index in [1.165, 1.54) is 22.5 Å². The van der Waals surface area contributed by atoms with E-state index in [9.17, 15) is 9.59 Å². The lowest BCUT2D eigenvalue weighted by atomic mass is 9.96. The molecule has 4 rings (SSSR count). The van der Waals surface area contributed by atoms with Crippen LogP contribution in [0.5, 0.6) is 0 Å². The lowest BCUT2D eigenvalue weighted by Crippen LogP contribution is -2.50. The molecule has 0 saturated carbocycles. The summed E-state index contributed by atoms with van der Waals surface area (Å²) in [7, 11) is 0. The molecule has 1 aliphatic rings. The monoisotopic (exact) mass is 433 g/mol. The van der Waals surface area contributed by atoms with Gasteiger partial charge in [-0.05, 0) is 22.6 Å². The Morgan fingerprint density at radius 3 is 2.03 bits per heavy atom. The van der Waals surface area contributed by atoms with Crippen molar-refractivity contribution in [3.05, 3.63) is 94.2 Å². The molecule has 1 aromatic heterocycles. The van der Waals surface area contributed by atoms with E-state index in [0.29, 0.717) is 31.6 Å². The van der Waals surface area contributed by atoms with E-state index in [1.54, 1.807) is 6.07 Å². The molecule has 2 heterocycles. The fourth-order valence-electron chi connectivity index (χ4n) is 4.05. The molecule has 31 heavy (non-hydrogen) atoms. The average Bonchev–Trinajstić information content (AvgIpc) is 3.36. The second-order valence-corrected chi connectivity index (χ2v) is 8.44. The number of nitrogens with one attached hydrogen (secondary N) is 1. The summed E-state index contributed by atoms with van der Waals surface area (Å²) >= 11 is 1.49. The van der Waals surface area contributed by atoms with Gasteiger partial charge in [0.2, 0.25) is 5.91 Å². The Hall–Kier alpha value is -2.96. The Labute approximate surface area is 187 Å². The second kappa shape index (κ2) is 10.4. The van der Waals surface area contributed by atoms with Crippen LogP contribution in [0.3, 0.4) is 0 Å². The van der Waals surface area contributed by atoms with Crippen LogP contribution in [0.15, 0.2) is 77.5 Å². The minimum Gasteiger partial charge on any atom is -0.351 e. The summed E-state index contributed by atoms with van der Waals surface area (Å²) in [5.41, 5.74) is 3.19. The highest BCUT2D eigenvalue weighted by molar-refractivity contribution is 7.08. The van der Waals surface area contributed by atoms with Crippen LogP contribution in [-0.2, 0) is 4.79 Å². The van der Waals surface area contributed by atoms with Crippen molar-refractivity contribution in [2.45, 2.75) is 12.5 Å². The summed E-state index contributed by atoms with van der Waals surface area (Å²) in [4.78, 5) is 29.0. The van der Waals surface area contributed by atoms with Crippen molar-refractivity contribution >= 4 is 23.2 Å². The summed E-state index contributed by atoms with van der Waals surface area (Å²) in [6.07, 6.45) is 0.330. The van der Waals surface area contributed by atoms with Gasteiger partial charge in [-0.1, -0.05) is 60.7 Å². The minimum atomic E-state index is -0.118. The summed E-state index contributed by atoms with van der Waals surface area (Å²) < 4.78 is 0. The molecular formula is C25H27N3O2S. The number of amides is 2. The number of thiophene rings is 1. The molecule has 2 amide bonds. The molecule has 3 aromatic rings. The zero-order valence-electron chi connectivity index (χ0n) is 17.4. The zero-order valence-corrected chi connectivity index (χ0v) is 18.3. The van der Waals surface area contributed by atoms with Crippen molar-refractivity contribution in [1.29, 1.82) is 0 Å². The van der Waals surface area contributed by atoms with Crippen LogP contribution in [0.1, 0.15) is 33.9 Å². The third kappa shape index (κ3) is 5.40. The largest absolute Gasteiger partial charge is 0.351 e. The number of carbonyl (C=O) groups excluding carboxylic acids is 2. The molecule has 0 atom stereocenters. The van der Waals surface area contributed by atoms with Gasteiger partial charge in [0.1, 0.15) is 0 Å². The number of benzene rings is 2. The number of carbonyl (C=O) groups is 2. The smallest absolute Gasteiger partial charge is 0.252 e. The van der Waals surface area contributed by atoms with Crippen LogP contribution in [0, 0.1) is 0 Å². The third-order valence-corrected chi connectivity index (χ3v) is 6.35. The third-order valence-electron chi connectivity index (χ3n) is 5.67. The van der Waals surface area contributed by atoms with Crippen molar-refractivity contribution in [1.82, 2.24) is 15.1 Å². The summed E-state index contributed by atoms with van der Waals surface area (Å²) in [5.74, 6) is -0.0197. The Morgan fingerprint density at radius 2 is 1.48 bits per heavy atom. The molecule has 1 saturated heterocycles. The fourth-order valence-corrected chi connectivity index (χ4v) is 4.69. The first-order valence-electron chi connectivity index (χ1n) is 10.6. The maximum absolute atomic E-state index is 12.6. The highest BCUT2D eigenvalue weighted by atomic mass is 32.1. The van der Waals surface area contributed by atoms with E-state index in [-0.39, 0.29) is 17.9 Å². The predicted octanol–water partition coefficient (Wildman–Crippen LogP) is 3.80. The highest BCUT2D eigenvalue weighted by Crippen LogP contribution is 2.29. The van der Waals surface area contributed by atoms with Gasteiger partial charge in [-0.25, -0.2) is 0 Å². The Morgan fingerprint density at radius 1 is 0.871 bits per heavy atom. The van der Waals surface area contributed by atoms with E-state index in [1.807, 2.05) is 27.8 Å². The van der Waals surface area contributed by atoms with Gasteiger partial charge in [0.15, 0.2) is 0 Å². The molecule has 5 nitrogen and oxygen atoms in total. The maximum Gasteiger partial charge on any atom is 0.252 e. The molecule has 1 aliphatic heterocycles. The van der Waals surface area contributed by atoms with Crippen LogP contribution in [0.25, 0.3) is 0 Å². The summed E-state index contributed by atoms with van der Waals surface area (Å²) in [5, 5.41) is 6.52. The molecule has 0 unspecified atom stereocenters. The SMILES string of the molecule is O=C(NCCC(=O)N1CCN(C(c2ccccc2)c2ccccc2)CC1)c1ccsc1. The number of piperazine rings is 1. The van der Waals surface area contributed by atoms with Crippen molar-refractivity contribution in [3.63, 3.8) is 0 Å². The standard InChI is InChI=1S/C25H27N3O2S/c29-23(11-13-26-25(30)22-12-18-31-19-22)27-14-16-28(17-15-27)24(20-7-3-1-4-8-20)21-9-5-2-6-10-21/h1-10,12,18-19,24H,11,13-17H2,(H,26,30). The van der Waals surface area contributed by atoms with E-state index in [4.69, 9.17) is 0 Å². The van der Waals surface area contributed by atoms with Crippen LogP contribution < -0.4 is 5.32 Å². The number of nitrogens with zero attached hydrogens (tertiary/aromatic N) is 2. The predicted molar refractivity (Wildman–Crippen MR) is 124 cm³/mol. The average molecular weight is 434 g/mol. The topological polar surface area (TPSA) is 52.7 Å². The lowest BCUT2D eigenvalue weighted by Gasteiger charge is -2.40. The van der Waals surface area contributed by atoms with Crippen LogP contribution in [0.4, 0.5) is 0 Å². The van der Waals surface area contributed by atoms with Gasteiger partial charge in [0.25, 0.3) is 5.91 Å². The lowest BCUT2D eigenvalue weighted by molar-refractivity contribution is -0.133. The van der Waals surface area contributed by atoms with Crippen molar-refractivity contribution in [2.24, 2.45) is 0 Å². The van der Waals surface area contributed by atoms with E-state index in [2.05, 4.69) is 58.7 Å². The molecule has 1 N–H and O–H groups in total. The minimum absolute atomic E-state index is 0.0984. The van der Waals surface area contributed by atoms with Crippen molar-refractivity contribution < 1.29 is 9.59 Å². The van der Waals surface area contributed by atoms with Gasteiger partial charge in [0.05, 0.1) is 6.04 Å². The van der Waals surface area contributed by atoms with Gasteiger partial charge < -0.3 is 10.2 Å². The second-order valence-electron chi connectivity index (χ2n) is 7.66. The van der Waals surface area contributed by atoms with Gasteiger partial charge >= 0.3 is 0 Å². The molecule has 0 radical (unpaired) electrons. The molecule has 6 heteroatoms. The molecule has 1 fully saturated rings. The summed E-state index contributed by atoms with van der Waals surface area (Å²) in [6.45, 7) is 3.41. The van der Waals surface area contributed by atoms with Crippen LogP contribution >= 0.6 is 11.3 Å². The number of hydrogen-bond donors (Lipinski definition) is 1. The molecule has 0 bridgehead atoms. The van der Waals surface area contributed by atoms with E-state index >= 15 is 0 Å². The Balaban J connectivity index is 1.32. The van der Waals surface area contributed by atoms with E-state index in [0.717, 1.165) is 13.1 Å². The molecule has 0 aliphatic carbocycles. The van der Waals surface area contributed by atoms with Gasteiger partial charge in [-0.3, -0.25) is 14.5 Å². The Kier molecular flexibility index (Phi) is 7.12. The van der Waals surface area contributed by atoms with Gasteiger partial charge in [0, 0.05) is 50.1 Å². The van der Waals surface area contributed by atoms with Gasteiger partial charge in [-0.2, -0.15) is 11.3 Å². The first kappa shape index (κ1) is 21.3. The quantitative estimate of drug-likeness (QED) is 0.617. The molecule has 2 aromatic carbocycles. The molecular weight excluding hydrogens is 406 g/mol. The highest BCUT2D eigenvalue weighted by Gasteiger charge is 2.27. The molecule has 160 valence electrons. The number of hydrogen-bond acceptors (Lipinski definition) is 4. The normalized spacial score (nSPS) is 14.5. The van der Waals surface area contributed by atoms with Crippen LogP contribution in [0.2, 0.25) is 0 Å². The first-order chi connectivity index (χ1) is 15.2. The fraction of sp³-hybridized carbons (Fsp3) is 0.280. The van der Waals surface area contributed by atoms with Crippen molar-refractivity contribution in [2.75, 3.05) is 32.7 Å². The van der Waals surface area contributed by atoms with E-state index < -0.39 is 0 Å². The first-order valence-corrected chi connectivity index (χ1v) is 11.6. The Bertz CT molecular complexity index is 929. The van der Waals surface area contributed by atoms with Gasteiger partial charge in [-0.15, -0.1) is 0 Å². The van der Waals surface area contributed by atoms with Crippen molar-refractivity contribution in [3.8, 4) is 0 Å². The maximum atomic E-state index is 12.6. The van der Waals surface area contributed by atoms with Crippen LogP contribution in [-0.4, -0.2) is 54.3 Å². The molecule has 0 spiro atoms. The summed E-state index contributed by atoms with van der Waals surface area (Å²) in [6, 6.07) is 23.1.